The number of fused-ring (bicyclic) bond motifs is 1. The van der Waals surface area contributed by atoms with Gasteiger partial charge in [-0.2, -0.15) is 0 Å². The lowest BCUT2D eigenvalue weighted by Crippen LogP contribution is -2.39. The number of thiophene rings is 1. The molecule has 0 atom stereocenters. The summed E-state index contributed by atoms with van der Waals surface area (Å²) in [5, 5.41) is 0.442. The Morgan fingerprint density at radius 2 is 2.00 bits per heavy atom. The molecule has 0 unspecified atom stereocenters. The van der Waals surface area contributed by atoms with Crippen LogP contribution in [0.4, 0.5) is 9.80 Å². The molecule has 0 bridgehead atoms. The molecule has 7 heteroatoms. The molecular formula is C14H20N2O4S. The highest BCUT2D eigenvalue weighted by atomic mass is 32.1. The largest absolute Gasteiger partial charge is 0.465 e. The van der Waals surface area contributed by atoms with Gasteiger partial charge >= 0.3 is 12.1 Å². The Labute approximate surface area is 127 Å². The second-order valence-electron chi connectivity index (χ2n) is 5.89. The van der Waals surface area contributed by atoms with Gasteiger partial charge in [-0.15, -0.1) is 11.3 Å². The van der Waals surface area contributed by atoms with E-state index >= 15 is 0 Å². The van der Waals surface area contributed by atoms with Crippen molar-refractivity contribution in [2.24, 2.45) is 0 Å². The van der Waals surface area contributed by atoms with Crippen molar-refractivity contribution >= 4 is 28.4 Å². The molecule has 0 radical (unpaired) electrons. The number of hydrogen-bond acceptors (Lipinski definition) is 6. The van der Waals surface area contributed by atoms with Gasteiger partial charge in [-0.25, -0.2) is 9.59 Å². The predicted octanol–water partition coefficient (Wildman–Crippen LogP) is 2.41. The molecule has 2 heterocycles. The number of carbonyl (C=O) groups excluding carboxylic acids is 2. The second-order valence-corrected chi connectivity index (χ2v) is 7.02. The number of methoxy groups -OCH3 is 1. The molecule has 0 aromatic carbocycles. The first kappa shape index (κ1) is 15.6. The van der Waals surface area contributed by atoms with Crippen LogP contribution in [0.2, 0.25) is 0 Å². The highest BCUT2D eigenvalue weighted by Crippen LogP contribution is 2.35. The molecular weight excluding hydrogens is 292 g/mol. The summed E-state index contributed by atoms with van der Waals surface area (Å²) in [5.74, 6) is -0.421. The molecule has 1 aliphatic heterocycles. The Hall–Kier alpha value is -1.76. The summed E-state index contributed by atoms with van der Waals surface area (Å²) in [5.41, 5.74) is 6.72. The molecule has 1 aromatic rings. The summed E-state index contributed by atoms with van der Waals surface area (Å²) < 4.78 is 10.1. The minimum absolute atomic E-state index is 0.347. The monoisotopic (exact) mass is 312 g/mol. The predicted molar refractivity (Wildman–Crippen MR) is 80.4 cm³/mol. The van der Waals surface area contributed by atoms with Crippen LogP contribution in [0.25, 0.3) is 0 Å². The van der Waals surface area contributed by atoms with Crippen molar-refractivity contribution in [3.63, 3.8) is 0 Å². The van der Waals surface area contributed by atoms with E-state index in [9.17, 15) is 9.59 Å². The van der Waals surface area contributed by atoms with Crippen molar-refractivity contribution in [2.45, 2.75) is 39.3 Å². The quantitative estimate of drug-likeness (QED) is 0.805. The van der Waals surface area contributed by atoms with E-state index < -0.39 is 11.6 Å². The first-order valence-corrected chi connectivity index (χ1v) is 7.51. The number of nitrogens with zero attached hydrogens (tertiary/aromatic N) is 1. The number of nitrogen functional groups attached to an aromatic ring is 1. The maximum absolute atomic E-state index is 12.1. The number of anilines is 1. The molecule has 116 valence electrons. The van der Waals surface area contributed by atoms with Crippen LogP contribution in [-0.4, -0.2) is 36.2 Å². The molecule has 1 aromatic heterocycles. The van der Waals surface area contributed by atoms with Gasteiger partial charge in [0.15, 0.2) is 0 Å². The normalized spacial score (nSPS) is 14.6. The maximum Gasteiger partial charge on any atom is 0.410 e. The molecule has 0 saturated carbocycles. The van der Waals surface area contributed by atoms with Gasteiger partial charge in [0, 0.05) is 11.4 Å². The Morgan fingerprint density at radius 3 is 2.57 bits per heavy atom. The van der Waals surface area contributed by atoms with Crippen LogP contribution in [0.15, 0.2) is 0 Å². The summed E-state index contributed by atoms with van der Waals surface area (Å²) in [7, 11) is 1.33. The Morgan fingerprint density at radius 1 is 1.33 bits per heavy atom. The van der Waals surface area contributed by atoms with Crippen LogP contribution in [0, 0.1) is 0 Å². The Bertz CT molecular complexity index is 574. The Balaban J connectivity index is 2.19. The van der Waals surface area contributed by atoms with E-state index in [0.717, 1.165) is 10.4 Å². The van der Waals surface area contributed by atoms with Gasteiger partial charge in [0.05, 0.1) is 19.2 Å². The molecule has 0 saturated heterocycles. The number of carbonyl (C=O) groups is 2. The van der Waals surface area contributed by atoms with Gasteiger partial charge in [0.25, 0.3) is 0 Å². The van der Waals surface area contributed by atoms with Gasteiger partial charge < -0.3 is 20.1 Å². The van der Waals surface area contributed by atoms with E-state index in [1.54, 1.807) is 4.90 Å². The lowest BCUT2D eigenvalue weighted by atomic mass is 10.0. The van der Waals surface area contributed by atoms with E-state index in [-0.39, 0.29) is 6.09 Å². The number of esters is 1. The average molecular weight is 312 g/mol. The third kappa shape index (κ3) is 3.29. The first-order valence-electron chi connectivity index (χ1n) is 6.69. The number of rotatable bonds is 1. The standard InChI is InChI=1S/C14H20N2O4S/c1-14(2,3)20-13(18)16-6-5-8-9(7-16)21-11(15)10(8)12(17)19-4/h5-7,15H2,1-4H3. The van der Waals surface area contributed by atoms with Crippen LogP contribution < -0.4 is 5.73 Å². The van der Waals surface area contributed by atoms with Crippen molar-refractivity contribution in [1.29, 1.82) is 0 Å². The van der Waals surface area contributed by atoms with Crippen molar-refractivity contribution in [1.82, 2.24) is 4.90 Å². The SMILES string of the molecule is COC(=O)c1c(N)sc2c1CCN(C(=O)OC(C)(C)C)C2. The first-order chi connectivity index (χ1) is 9.73. The average Bonchev–Trinajstić information content (AvgIpc) is 2.70. The van der Waals surface area contributed by atoms with E-state index in [1.807, 2.05) is 20.8 Å². The molecule has 6 nitrogen and oxygen atoms in total. The zero-order valence-corrected chi connectivity index (χ0v) is 13.5. The Kier molecular flexibility index (Phi) is 4.13. The molecule has 21 heavy (non-hydrogen) atoms. The van der Waals surface area contributed by atoms with Crippen LogP contribution in [0.3, 0.4) is 0 Å². The summed E-state index contributed by atoms with van der Waals surface area (Å²) in [6, 6.07) is 0. The topological polar surface area (TPSA) is 81.9 Å². The fourth-order valence-corrected chi connectivity index (χ4v) is 3.35. The minimum atomic E-state index is -0.525. The zero-order valence-electron chi connectivity index (χ0n) is 12.7. The van der Waals surface area contributed by atoms with Crippen molar-refractivity contribution in [3.8, 4) is 0 Å². The highest BCUT2D eigenvalue weighted by molar-refractivity contribution is 7.16. The van der Waals surface area contributed by atoms with Crippen LogP contribution in [0.5, 0.6) is 0 Å². The number of hydrogen-bond donors (Lipinski definition) is 1. The summed E-state index contributed by atoms with van der Waals surface area (Å²) in [4.78, 5) is 26.4. The van der Waals surface area contributed by atoms with Gasteiger partial charge in [0.2, 0.25) is 0 Å². The summed E-state index contributed by atoms with van der Waals surface area (Å²) >= 11 is 1.33. The fourth-order valence-electron chi connectivity index (χ4n) is 2.23. The lowest BCUT2D eigenvalue weighted by molar-refractivity contribution is 0.0226. The zero-order chi connectivity index (χ0) is 15.8. The maximum atomic E-state index is 12.1. The summed E-state index contributed by atoms with van der Waals surface area (Å²) in [6.07, 6.45) is 0.229. The molecule has 2 rings (SSSR count). The van der Waals surface area contributed by atoms with Crippen molar-refractivity contribution in [3.05, 3.63) is 16.0 Å². The van der Waals surface area contributed by atoms with Crippen molar-refractivity contribution < 1.29 is 19.1 Å². The smallest absolute Gasteiger partial charge is 0.410 e. The highest BCUT2D eigenvalue weighted by Gasteiger charge is 2.31. The number of nitrogens with two attached hydrogens (primary N) is 1. The molecule has 0 fully saturated rings. The summed E-state index contributed by atoms with van der Waals surface area (Å²) in [6.45, 7) is 6.41. The third-order valence-corrected chi connectivity index (χ3v) is 4.17. The van der Waals surface area contributed by atoms with Gasteiger partial charge in [-0.1, -0.05) is 0 Å². The molecule has 1 amide bonds. The number of amides is 1. The minimum Gasteiger partial charge on any atom is -0.465 e. The number of ether oxygens (including phenoxy) is 2. The van der Waals surface area contributed by atoms with Gasteiger partial charge in [-0.05, 0) is 32.8 Å². The van der Waals surface area contributed by atoms with E-state index in [0.29, 0.717) is 30.1 Å². The van der Waals surface area contributed by atoms with E-state index in [2.05, 4.69) is 0 Å². The van der Waals surface area contributed by atoms with Crippen LogP contribution in [-0.2, 0) is 22.4 Å². The third-order valence-electron chi connectivity index (χ3n) is 3.13. The van der Waals surface area contributed by atoms with E-state index in [1.165, 1.54) is 18.4 Å². The van der Waals surface area contributed by atoms with E-state index in [4.69, 9.17) is 15.2 Å². The van der Waals surface area contributed by atoms with Crippen molar-refractivity contribution in [2.75, 3.05) is 19.4 Å². The van der Waals surface area contributed by atoms with Gasteiger partial charge in [-0.3, -0.25) is 0 Å². The molecule has 1 aliphatic rings. The second kappa shape index (κ2) is 5.55. The van der Waals surface area contributed by atoms with Crippen LogP contribution in [0.1, 0.15) is 41.6 Å². The molecule has 2 N–H and O–H groups in total. The van der Waals surface area contributed by atoms with Gasteiger partial charge in [0.1, 0.15) is 10.6 Å². The molecule has 0 spiro atoms. The van der Waals surface area contributed by atoms with Crippen LogP contribution >= 0.6 is 11.3 Å². The fraction of sp³-hybridized carbons (Fsp3) is 0.571. The molecule has 0 aliphatic carbocycles. The lowest BCUT2D eigenvalue weighted by Gasteiger charge is -2.30.